The Morgan fingerprint density at radius 3 is 1.88 bits per heavy atom. The lowest BCUT2D eigenvalue weighted by atomic mass is 9.54. The monoisotopic (exact) mass is 448 g/mol. The molecule has 0 aliphatic heterocycles. The van der Waals surface area contributed by atoms with Crippen LogP contribution in [0.2, 0.25) is 0 Å². The molecule has 0 aromatic carbocycles. The number of nitrogens with one attached hydrogen (secondary N) is 1. The molecule has 0 unspecified atom stereocenters. The van der Waals surface area contributed by atoms with Crippen LogP contribution in [-0.4, -0.2) is 18.1 Å². The van der Waals surface area contributed by atoms with Crippen LogP contribution in [0.4, 0.5) is 5.82 Å². The number of rotatable bonds is 4. The standard InChI is InChI=1S/C13H18N2.C8H15N.C8H11N/c1-2-7-14-12(5-1)15-10-13-6-3-4-11(8-13)9-13;2*9-6-8-3-1-2-7(4-8)5-8/h1-2,5,7,11H,3-4,6,8-10H2,(H,14,15);7H,1-6,9H2;7H,1-5H2. The molecule has 6 bridgehead atoms. The van der Waals surface area contributed by atoms with Gasteiger partial charge in [0.1, 0.15) is 5.82 Å². The summed E-state index contributed by atoms with van der Waals surface area (Å²) in [7, 11) is 0. The zero-order valence-corrected chi connectivity index (χ0v) is 20.5. The molecule has 9 saturated carbocycles. The highest BCUT2D eigenvalue weighted by Crippen LogP contribution is 2.56. The minimum absolute atomic E-state index is 0.170. The van der Waals surface area contributed by atoms with Gasteiger partial charge in [-0.3, -0.25) is 0 Å². The van der Waals surface area contributed by atoms with Crippen molar-refractivity contribution in [3.05, 3.63) is 24.4 Å². The summed E-state index contributed by atoms with van der Waals surface area (Å²) in [6.45, 7) is 2.07. The summed E-state index contributed by atoms with van der Waals surface area (Å²) < 4.78 is 0. The van der Waals surface area contributed by atoms with E-state index >= 15 is 0 Å². The van der Waals surface area contributed by atoms with Crippen molar-refractivity contribution in [2.24, 2.45) is 39.7 Å². The Morgan fingerprint density at radius 2 is 1.48 bits per heavy atom. The summed E-state index contributed by atoms with van der Waals surface area (Å²) in [5, 5.41) is 12.2. The number of nitriles is 1. The summed E-state index contributed by atoms with van der Waals surface area (Å²) in [5.41, 5.74) is 7.11. The van der Waals surface area contributed by atoms with Crippen LogP contribution in [0, 0.1) is 45.3 Å². The fourth-order valence-corrected chi connectivity index (χ4v) is 8.25. The van der Waals surface area contributed by atoms with Crippen molar-refractivity contribution < 1.29 is 0 Å². The number of nitrogens with zero attached hydrogens (tertiary/aromatic N) is 2. The maximum atomic E-state index is 8.74. The van der Waals surface area contributed by atoms with Crippen LogP contribution in [0.25, 0.3) is 0 Å². The molecule has 0 saturated heterocycles. The van der Waals surface area contributed by atoms with Gasteiger partial charge in [-0.1, -0.05) is 44.6 Å². The number of fused-ring (bicyclic) bond motifs is 6. The molecule has 9 aliphatic carbocycles. The van der Waals surface area contributed by atoms with E-state index in [1.807, 2.05) is 18.3 Å². The molecule has 10 rings (SSSR count). The molecule has 0 atom stereocenters. The average molecular weight is 449 g/mol. The van der Waals surface area contributed by atoms with Crippen LogP contribution >= 0.6 is 0 Å². The zero-order chi connectivity index (χ0) is 22.8. The van der Waals surface area contributed by atoms with Crippen LogP contribution < -0.4 is 11.1 Å². The number of hydrogen-bond donors (Lipinski definition) is 2. The Balaban J connectivity index is 0.000000110. The van der Waals surface area contributed by atoms with E-state index in [9.17, 15) is 0 Å². The number of hydrogen-bond acceptors (Lipinski definition) is 4. The molecule has 4 heteroatoms. The van der Waals surface area contributed by atoms with Crippen LogP contribution in [0.15, 0.2) is 24.4 Å². The number of anilines is 1. The van der Waals surface area contributed by atoms with Crippen molar-refractivity contribution in [3.63, 3.8) is 0 Å². The Bertz CT molecular complexity index is 793. The van der Waals surface area contributed by atoms with E-state index in [2.05, 4.69) is 22.4 Å². The van der Waals surface area contributed by atoms with Gasteiger partial charge < -0.3 is 11.1 Å². The molecule has 180 valence electrons. The van der Waals surface area contributed by atoms with E-state index in [1.165, 1.54) is 96.3 Å². The van der Waals surface area contributed by atoms with E-state index in [-0.39, 0.29) is 5.41 Å². The Labute approximate surface area is 201 Å². The topological polar surface area (TPSA) is 74.7 Å². The summed E-state index contributed by atoms with van der Waals surface area (Å²) in [5.74, 6) is 4.07. The fraction of sp³-hybridized carbons (Fsp3) is 0.793. The first-order chi connectivity index (χ1) is 16.1. The predicted molar refractivity (Wildman–Crippen MR) is 134 cm³/mol. The molecule has 4 nitrogen and oxygen atoms in total. The van der Waals surface area contributed by atoms with E-state index in [0.29, 0.717) is 10.8 Å². The highest BCUT2D eigenvalue weighted by atomic mass is 15.0. The lowest BCUT2D eigenvalue weighted by Gasteiger charge is -2.52. The number of nitrogens with two attached hydrogens (primary N) is 1. The lowest BCUT2D eigenvalue weighted by Crippen LogP contribution is -2.46. The Hall–Kier alpha value is -1.60. The third-order valence-electron chi connectivity index (χ3n) is 10.1. The Kier molecular flexibility index (Phi) is 6.72. The summed E-state index contributed by atoms with van der Waals surface area (Å²) in [4.78, 5) is 4.30. The van der Waals surface area contributed by atoms with E-state index in [1.54, 1.807) is 0 Å². The van der Waals surface area contributed by atoms with E-state index < -0.39 is 0 Å². The molecule has 9 fully saturated rings. The number of pyridine rings is 1. The highest BCUT2D eigenvalue weighted by molar-refractivity contribution is 5.33. The lowest BCUT2D eigenvalue weighted by molar-refractivity contribution is 0.00418. The molecular formula is C29H44N4. The van der Waals surface area contributed by atoms with Crippen LogP contribution in [0.3, 0.4) is 0 Å². The quantitative estimate of drug-likeness (QED) is 0.538. The number of aromatic nitrogens is 1. The second-order valence-electron chi connectivity index (χ2n) is 12.7. The van der Waals surface area contributed by atoms with Crippen LogP contribution in [0.5, 0.6) is 0 Å². The highest BCUT2D eigenvalue weighted by Gasteiger charge is 2.48. The van der Waals surface area contributed by atoms with Gasteiger partial charge >= 0.3 is 0 Å². The summed E-state index contributed by atoms with van der Waals surface area (Å²) >= 11 is 0. The summed E-state index contributed by atoms with van der Waals surface area (Å²) in [6.07, 6.45) is 22.6. The van der Waals surface area contributed by atoms with E-state index in [0.717, 1.165) is 36.7 Å². The van der Waals surface area contributed by atoms with E-state index in [4.69, 9.17) is 11.0 Å². The normalized spacial score (nSPS) is 41.2. The van der Waals surface area contributed by atoms with Crippen molar-refractivity contribution in [3.8, 4) is 6.07 Å². The fourth-order valence-electron chi connectivity index (χ4n) is 8.25. The molecule has 33 heavy (non-hydrogen) atoms. The first-order valence-electron chi connectivity index (χ1n) is 13.8. The van der Waals surface area contributed by atoms with Crippen molar-refractivity contribution in [2.75, 3.05) is 18.4 Å². The van der Waals surface area contributed by atoms with Crippen molar-refractivity contribution in [2.45, 2.75) is 96.3 Å². The van der Waals surface area contributed by atoms with Gasteiger partial charge in [0.2, 0.25) is 0 Å². The van der Waals surface area contributed by atoms with Crippen molar-refractivity contribution in [1.82, 2.24) is 4.98 Å². The van der Waals surface area contributed by atoms with Gasteiger partial charge in [0.05, 0.1) is 11.5 Å². The first kappa shape index (κ1) is 23.2. The minimum Gasteiger partial charge on any atom is -0.370 e. The summed E-state index contributed by atoms with van der Waals surface area (Å²) in [6, 6.07) is 8.50. The van der Waals surface area contributed by atoms with Gasteiger partial charge in [0.15, 0.2) is 0 Å². The van der Waals surface area contributed by atoms with Crippen LogP contribution in [0.1, 0.15) is 96.3 Å². The van der Waals surface area contributed by atoms with Gasteiger partial charge in [0, 0.05) is 12.7 Å². The van der Waals surface area contributed by atoms with Gasteiger partial charge in [-0.05, 0) is 105 Å². The third-order valence-corrected chi connectivity index (χ3v) is 10.1. The largest absolute Gasteiger partial charge is 0.370 e. The third kappa shape index (κ3) is 5.09. The second-order valence-corrected chi connectivity index (χ2v) is 12.7. The molecule has 3 N–H and O–H groups in total. The molecule has 9 aliphatic rings. The maximum absolute atomic E-state index is 8.74. The van der Waals surface area contributed by atoms with Gasteiger partial charge in [-0.2, -0.15) is 5.26 Å². The van der Waals surface area contributed by atoms with Crippen LogP contribution in [-0.2, 0) is 0 Å². The smallest absolute Gasteiger partial charge is 0.125 e. The SMILES string of the molecule is N#CC12CCCC(C1)C2.NCC12CCCC(C1)C2.c1ccc(NCC23CCCC(C2)C3)nc1. The molecule has 0 radical (unpaired) electrons. The molecule has 0 amide bonds. The molecule has 1 aromatic rings. The minimum atomic E-state index is 0.170. The second kappa shape index (κ2) is 9.57. The van der Waals surface area contributed by atoms with Crippen molar-refractivity contribution in [1.29, 1.82) is 5.26 Å². The molecule has 1 aromatic heterocycles. The predicted octanol–water partition coefficient (Wildman–Crippen LogP) is 6.69. The Morgan fingerprint density at radius 1 is 0.879 bits per heavy atom. The average Bonchev–Trinajstić information content (AvgIpc) is 2.84. The van der Waals surface area contributed by atoms with Gasteiger partial charge in [-0.15, -0.1) is 0 Å². The molecule has 0 spiro atoms. The zero-order valence-electron chi connectivity index (χ0n) is 20.5. The molecule has 1 heterocycles. The van der Waals surface area contributed by atoms with Gasteiger partial charge in [-0.25, -0.2) is 4.98 Å². The van der Waals surface area contributed by atoms with Gasteiger partial charge in [0.25, 0.3) is 0 Å². The van der Waals surface area contributed by atoms with Crippen molar-refractivity contribution >= 4 is 5.82 Å². The molecular weight excluding hydrogens is 404 g/mol. The first-order valence-corrected chi connectivity index (χ1v) is 13.8. The maximum Gasteiger partial charge on any atom is 0.125 e.